The van der Waals surface area contributed by atoms with E-state index in [1.165, 1.54) is 11.3 Å². The molecule has 0 bridgehead atoms. The average molecular weight is 307 g/mol. The van der Waals surface area contributed by atoms with Crippen LogP contribution in [0.2, 0.25) is 0 Å². The van der Waals surface area contributed by atoms with E-state index in [1.807, 2.05) is 6.07 Å². The molecular formula is C15H21N3O2S. The molecule has 2 N–H and O–H groups in total. The molecule has 0 aliphatic heterocycles. The number of nitrogens with two attached hydrogens (primary N) is 1. The molecule has 114 valence electrons. The zero-order valence-corrected chi connectivity index (χ0v) is 13.4. The molecular weight excluding hydrogens is 286 g/mol. The van der Waals surface area contributed by atoms with Gasteiger partial charge in [0.1, 0.15) is 17.0 Å². The smallest absolute Gasteiger partial charge is 0.273 e. The second-order valence-electron chi connectivity index (χ2n) is 5.47. The van der Waals surface area contributed by atoms with E-state index in [0.717, 1.165) is 17.0 Å². The van der Waals surface area contributed by atoms with E-state index in [-0.39, 0.29) is 11.9 Å². The van der Waals surface area contributed by atoms with E-state index in [1.54, 1.807) is 29.9 Å². The van der Waals surface area contributed by atoms with Crippen molar-refractivity contribution >= 4 is 17.2 Å². The van der Waals surface area contributed by atoms with Crippen molar-refractivity contribution in [3.05, 3.63) is 29.7 Å². The Morgan fingerprint density at radius 2 is 2.29 bits per heavy atom. The highest BCUT2D eigenvalue weighted by Gasteiger charge is 2.17. The van der Waals surface area contributed by atoms with E-state index in [2.05, 4.69) is 18.8 Å². The average Bonchev–Trinajstić information content (AvgIpc) is 3.12. The maximum absolute atomic E-state index is 12.3. The fraction of sp³-hybridized carbons (Fsp3) is 0.467. The van der Waals surface area contributed by atoms with Gasteiger partial charge in [0.05, 0.1) is 6.26 Å². The molecule has 0 spiro atoms. The Hall–Kier alpha value is -1.66. The number of hydrogen-bond acceptors (Lipinski definition) is 5. The third kappa shape index (κ3) is 3.92. The molecule has 1 atom stereocenters. The number of hydrogen-bond donors (Lipinski definition) is 1. The lowest BCUT2D eigenvalue weighted by atomic mass is 10.0. The summed E-state index contributed by atoms with van der Waals surface area (Å²) in [6.45, 7) is 4.81. The molecule has 0 aliphatic rings. The summed E-state index contributed by atoms with van der Waals surface area (Å²) < 4.78 is 5.03. The summed E-state index contributed by atoms with van der Waals surface area (Å²) in [5.74, 6) is 0.345. The van der Waals surface area contributed by atoms with E-state index >= 15 is 0 Å². The van der Waals surface area contributed by atoms with Crippen LogP contribution in [-0.2, 0) is 0 Å². The summed E-state index contributed by atoms with van der Waals surface area (Å²) in [4.78, 5) is 18.4. The van der Waals surface area contributed by atoms with E-state index in [9.17, 15) is 4.79 Å². The van der Waals surface area contributed by atoms with Gasteiger partial charge in [0.25, 0.3) is 5.91 Å². The third-order valence-corrected chi connectivity index (χ3v) is 4.38. The zero-order valence-electron chi connectivity index (χ0n) is 12.6. The standard InChI is InChI=1S/C15H21N3O2S/c1-10(2)12(16)4-6-18(3)15(19)13-9-21-14(17-13)11-5-7-20-8-11/h5,7-10,12H,4,6,16H2,1-3H3. The van der Waals surface area contributed by atoms with Crippen LogP contribution in [0.25, 0.3) is 10.6 Å². The second kappa shape index (κ2) is 6.87. The summed E-state index contributed by atoms with van der Waals surface area (Å²) in [7, 11) is 1.78. The predicted molar refractivity (Wildman–Crippen MR) is 84.2 cm³/mol. The number of rotatable bonds is 6. The summed E-state index contributed by atoms with van der Waals surface area (Å²) in [5, 5.41) is 2.57. The number of carbonyl (C=O) groups excluding carboxylic acids is 1. The van der Waals surface area contributed by atoms with Crippen molar-refractivity contribution in [1.82, 2.24) is 9.88 Å². The Kier molecular flexibility index (Phi) is 5.14. The van der Waals surface area contributed by atoms with Gasteiger partial charge in [0, 0.05) is 30.6 Å². The maximum Gasteiger partial charge on any atom is 0.273 e. The van der Waals surface area contributed by atoms with Crippen molar-refractivity contribution in [2.75, 3.05) is 13.6 Å². The SMILES string of the molecule is CC(C)C(N)CCN(C)C(=O)c1csc(-c2ccoc2)n1. The minimum Gasteiger partial charge on any atom is -0.472 e. The number of carbonyl (C=O) groups is 1. The van der Waals surface area contributed by atoms with Crippen LogP contribution in [0.15, 0.2) is 28.4 Å². The molecule has 6 heteroatoms. The Bertz CT molecular complexity index is 578. The van der Waals surface area contributed by atoms with E-state index < -0.39 is 0 Å². The molecule has 0 aromatic carbocycles. The Morgan fingerprint density at radius 1 is 1.52 bits per heavy atom. The van der Waals surface area contributed by atoms with E-state index in [0.29, 0.717) is 18.2 Å². The molecule has 0 fully saturated rings. The number of amides is 1. The molecule has 5 nitrogen and oxygen atoms in total. The number of thiazole rings is 1. The summed E-state index contributed by atoms with van der Waals surface area (Å²) >= 11 is 1.44. The summed E-state index contributed by atoms with van der Waals surface area (Å²) in [5.41, 5.74) is 7.37. The topological polar surface area (TPSA) is 72.4 Å². The predicted octanol–water partition coefficient (Wildman–Crippen LogP) is 2.85. The van der Waals surface area contributed by atoms with Gasteiger partial charge in [-0.15, -0.1) is 11.3 Å². The molecule has 0 saturated carbocycles. The van der Waals surface area contributed by atoms with Gasteiger partial charge in [0.2, 0.25) is 0 Å². The molecule has 2 rings (SSSR count). The molecule has 1 unspecified atom stereocenters. The quantitative estimate of drug-likeness (QED) is 0.890. The first-order chi connectivity index (χ1) is 9.99. The number of nitrogens with zero attached hydrogens (tertiary/aromatic N) is 2. The minimum absolute atomic E-state index is 0.0723. The molecule has 2 aromatic heterocycles. The molecule has 0 saturated heterocycles. The van der Waals surface area contributed by atoms with Crippen LogP contribution >= 0.6 is 11.3 Å². The zero-order chi connectivity index (χ0) is 15.4. The first-order valence-corrected chi connectivity index (χ1v) is 7.86. The Balaban J connectivity index is 1.96. The van der Waals surface area contributed by atoms with Crippen LogP contribution in [0.3, 0.4) is 0 Å². The van der Waals surface area contributed by atoms with Gasteiger partial charge >= 0.3 is 0 Å². The normalized spacial score (nSPS) is 12.6. The summed E-state index contributed by atoms with van der Waals surface area (Å²) in [6, 6.07) is 1.94. The van der Waals surface area contributed by atoms with Crippen molar-refractivity contribution in [3.8, 4) is 10.6 Å². The largest absolute Gasteiger partial charge is 0.472 e. The molecule has 2 heterocycles. The van der Waals surface area contributed by atoms with Gasteiger partial charge in [0.15, 0.2) is 0 Å². The van der Waals surface area contributed by atoms with Crippen molar-refractivity contribution in [2.24, 2.45) is 11.7 Å². The highest BCUT2D eigenvalue weighted by Crippen LogP contribution is 2.24. The molecule has 0 aliphatic carbocycles. The lowest BCUT2D eigenvalue weighted by Gasteiger charge is -2.20. The third-order valence-electron chi connectivity index (χ3n) is 3.49. The maximum atomic E-state index is 12.3. The lowest BCUT2D eigenvalue weighted by Crippen LogP contribution is -2.34. The van der Waals surface area contributed by atoms with E-state index in [4.69, 9.17) is 10.2 Å². The fourth-order valence-electron chi connectivity index (χ4n) is 1.86. The molecule has 1 amide bonds. The van der Waals surface area contributed by atoms with Gasteiger partial charge in [-0.2, -0.15) is 0 Å². The first-order valence-electron chi connectivity index (χ1n) is 6.98. The van der Waals surface area contributed by atoms with Crippen LogP contribution in [-0.4, -0.2) is 35.4 Å². The van der Waals surface area contributed by atoms with Crippen LogP contribution in [0.5, 0.6) is 0 Å². The number of furan rings is 1. The Labute approximate surface area is 128 Å². The first kappa shape index (κ1) is 15.7. The minimum atomic E-state index is -0.0723. The van der Waals surface area contributed by atoms with Crippen LogP contribution in [0.4, 0.5) is 0 Å². The molecule has 0 radical (unpaired) electrons. The monoisotopic (exact) mass is 307 g/mol. The highest BCUT2D eigenvalue weighted by atomic mass is 32.1. The van der Waals surface area contributed by atoms with Gasteiger partial charge in [-0.25, -0.2) is 4.98 Å². The Morgan fingerprint density at radius 3 is 2.90 bits per heavy atom. The lowest BCUT2D eigenvalue weighted by molar-refractivity contribution is 0.0784. The van der Waals surface area contributed by atoms with Crippen molar-refractivity contribution in [3.63, 3.8) is 0 Å². The second-order valence-corrected chi connectivity index (χ2v) is 6.33. The summed E-state index contributed by atoms with van der Waals surface area (Å²) in [6.07, 6.45) is 4.01. The van der Waals surface area contributed by atoms with Crippen molar-refractivity contribution in [1.29, 1.82) is 0 Å². The fourth-order valence-corrected chi connectivity index (χ4v) is 2.64. The van der Waals surface area contributed by atoms with Crippen LogP contribution < -0.4 is 5.73 Å². The van der Waals surface area contributed by atoms with Crippen molar-refractivity contribution < 1.29 is 9.21 Å². The van der Waals surface area contributed by atoms with Gasteiger partial charge in [-0.1, -0.05) is 13.8 Å². The number of aromatic nitrogens is 1. The highest BCUT2D eigenvalue weighted by molar-refractivity contribution is 7.13. The van der Waals surface area contributed by atoms with Crippen molar-refractivity contribution in [2.45, 2.75) is 26.3 Å². The molecule has 2 aromatic rings. The van der Waals surface area contributed by atoms with Gasteiger partial charge < -0.3 is 15.1 Å². The van der Waals surface area contributed by atoms with Crippen LogP contribution in [0, 0.1) is 5.92 Å². The van der Waals surface area contributed by atoms with Crippen LogP contribution in [0.1, 0.15) is 30.8 Å². The molecule has 21 heavy (non-hydrogen) atoms. The van der Waals surface area contributed by atoms with Gasteiger partial charge in [-0.3, -0.25) is 4.79 Å². The van der Waals surface area contributed by atoms with Gasteiger partial charge in [-0.05, 0) is 18.4 Å².